The molecule has 0 saturated heterocycles. The van der Waals surface area contributed by atoms with Gasteiger partial charge in [-0.15, -0.1) is 0 Å². The predicted molar refractivity (Wildman–Crippen MR) is 64.8 cm³/mol. The van der Waals surface area contributed by atoms with E-state index in [1.807, 2.05) is 0 Å². The van der Waals surface area contributed by atoms with Gasteiger partial charge in [0.1, 0.15) is 0 Å². The van der Waals surface area contributed by atoms with E-state index in [-0.39, 0.29) is 5.54 Å². The smallest absolute Gasteiger partial charge is 0.0465 e. The second-order valence-electron chi connectivity index (χ2n) is 5.58. The average molecular weight is 213 g/mol. The van der Waals surface area contributed by atoms with Crippen molar-refractivity contribution in [2.45, 2.75) is 52.0 Å². The molecular weight excluding hydrogens is 186 g/mol. The van der Waals surface area contributed by atoms with Crippen molar-refractivity contribution in [3.05, 3.63) is 0 Å². The highest BCUT2D eigenvalue weighted by atomic mass is 16.5. The van der Waals surface area contributed by atoms with Gasteiger partial charge in [0.25, 0.3) is 0 Å². The molecular formula is C13H27NO. The average Bonchev–Trinajstić information content (AvgIpc) is 2.20. The van der Waals surface area contributed by atoms with E-state index in [1.54, 1.807) is 7.11 Å². The van der Waals surface area contributed by atoms with Gasteiger partial charge in [-0.1, -0.05) is 20.8 Å². The third-order valence-electron chi connectivity index (χ3n) is 4.42. The first kappa shape index (κ1) is 13.0. The molecule has 0 bridgehead atoms. The lowest BCUT2D eigenvalue weighted by Gasteiger charge is -2.46. The van der Waals surface area contributed by atoms with Crippen LogP contribution >= 0.6 is 0 Å². The van der Waals surface area contributed by atoms with Gasteiger partial charge in [-0.2, -0.15) is 0 Å². The number of nitrogens with two attached hydrogens (primary N) is 1. The van der Waals surface area contributed by atoms with E-state index in [1.165, 1.54) is 19.3 Å². The van der Waals surface area contributed by atoms with Crippen LogP contribution in [0.4, 0.5) is 0 Å². The van der Waals surface area contributed by atoms with Gasteiger partial charge in [0.15, 0.2) is 0 Å². The zero-order chi connectivity index (χ0) is 11.5. The van der Waals surface area contributed by atoms with E-state index in [9.17, 15) is 0 Å². The number of ether oxygens (including phenoxy) is 1. The summed E-state index contributed by atoms with van der Waals surface area (Å²) in [4.78, 5) is 0. The standard InChI is InChI=1S/C13H27NO/c1-10-5-7-13(14,12(3)9-10)11(2)6-8-15-4/h10-12H,5-9,14H2,1-4H3. The molecule has 1 fully saturated rings. The molecule has 2 nitrogen and oxygen atoms in total. The van der Waals surface area contributed by atoms with E-state index < -0.39 is 0 Å². The second-order valence-corrected chi connectivity index (χ2v) is 5.58. The maximum Gasteiger partial charge on any atom is 0.0465 e. The van der Waals surface area contributed by atoms with Crippen LogP contribution in [0.15, 0.2) is 0 Å². The number of methoxy groups -OCH3 is 1. The molecule has 0 amide bonds. The minimum absolute atomic E-state index is 0.0467. The fraction of sp³-hybridized carbons (Fsp3) is 1.00. The fourth-order valence-corrected chi connectivity index (χ4v) is 2.98. The predicted octanol–water partition coefficient (Wildman–Crippen LogP) is 2.81. The van der Waals surface area contributed by atoms with Crippen molar-refractivity contribution in [1.29, 1.82) is 0 Å². The maximum absolute atomic E-state index is 6.59. The zero-order valence-corrected chi connectivity index (χ0v) is 10.8. The first-order valence-electron chi connectivity index (χ1n) is 6.28. The minimum Gasteiger partial charge on any atom is -0.385 e. The number of hydrogen-bond donors (Lipinski definition) is 1. The van der Waals surface area contributed by atoms with Gasteiger partial charge < -0.3 is 10.5 Å². The Balaban J connectivity index is 2.56. The van der Waals surface area contributed by atoms with E-state index in [2.05, 4.69) is 20.8 Å². The molecule has 0 aliphatic heterocycles. The SMILES string of the molecule is COCCC(C)C1(N)CCC(C)CC1C. The first-order valence-corrected chi connectivity index (χ1v) is 6.28. The van der Waals surface area contributed by atoms with Gasteiger partial charge >= 0.3 is 0 Å². The van der Waals surface area contributed by atoms with Crippen LogP contribution in [-0.4, -0.2) is 19.3 Å². The summed E-state index contributed by atoms with van der Waals surface area (Å²) in [5.41, 5.74) is 6.64. The van der Waals surface area contributed by atoms with Crippen LogP contribution in [0.3, 0.4) is 0 Å². The van der Waals surface area contributed by atoms with E-state index in [0.29, 0.717) is 11.8 Å². The van der Waals surface area contributed by atoms with Crippen molar-refractivity contribution < 1.29 is 4.74 Å². The lowest BCUT2D eigenvalue weighted by atomic mass is 9.64. The van der Waals surface area contributed by atoms with Crippen molar-refractivity contribution in [3.63, 3.8) is 0 Å². The molecule has 1 rings (SSSR count). The monoisotopic (exact) mass is 213 g/mol. The molecule has 0 aromatic rings. The van der Waals surface area contributed by atoms with E-state index in [0.717, 1.165) is 18.9 Å². The van der Waals surface area contributed by atoms with Crippen molar-refractivity contribution in [2.75, 3.05) is 13.7 Å². The Kier molecular flexibility index (Phi) is 4.60. The summed E-state index contributed by atoms with van der Waals surface area (Å²) in [5.74, 6) is 2.07. The highest BCUT2D eigenvalue weighted by molar-refractivity contribution is 4.97. The molecule has 0 aromatic heterocycles. The summed E-state index contributed by atoms with van der Waals surface area (Å²) in [6.45, 7) is 7.78. The molecule has 0 aromatic carbocycles. The van der Waals surface area contributed by atoms with Gasteiger partial charge in [-0.05, 0) is 43.4 Å². The minimum atomic E-state index is 0.0467. The Morgan fingerprint density at radius 3 is 2.67 bits per heavy atom. The third kappa shape index (κ3) is 2.94. The quantitative estimate of drug-likeness (QED) is 0.779. The van der Waals surface area contributed by atoms with Gasteiger partial charge in [-0.3, -0.25) is 0 Å². The summed E-state index contributed by atoms with van der Waals surface area (Å²) in [6.07, 6.45) is 4.85. The fourth-order valence-electron chi connectivity index (χ4n) is 2.98. The van der Waals surface area contributed by atoms with Gasteiger partial charge in [0.2, 0.25) is 0 Å². The molecule has 1 saturated carbocycles. The number of rotatable bonds is 4. The summed E-state index contributed by atoms with van der Waals surface area (Å²) in [7, 11) is 1.77. The van der Waals surface area contributed by atoms with Gasteiger partial charge in [-0.25, -0.2) is 0 Å². The summed E-state index contributed by atoms with van der Waals surface area (Å²) in [6, 6.07) is 0. The van der Waals surface area contributed by atoms with Crippen LogP contribution in [-0.2, 0) is 4.74 Å². The van der Waals surface area contributed by atoms with Crippen LogP contribution in [0.2, 0.25) is 0 Å². The Labute approximate surface area is 94.6 Å². The topological polar surface area (TPSA) is 35.2 Å². The van der Waals surface area contributed by atoms with Gasteiger partial charge in [0.05, 0.1) is 0 Å². The molecule has 2 N–H and O–H groups in total. The molecule has 4 atom stereocenters. The summed E-state index contributed by atoms with van der Waals surface area (Å²) in [5, 5.41) is 0. The molecule has 0 spiro atoms. The van der Waals surface area contributed by atoms with Crippen LogP contribution in [0.1, 0.15) is 46.5 Å². The second kappa shape index (κ2) is 5.31. The molecule has 0 heterocycles. The zero-order valence-electron chi connectivity index (χ0n) is 10.8. The normalized spacial score (nSPS) is 39.0. The third-order valence-corrected chi connectivity index (χ3v) is 4.42. The summed E-state index contributed by atoms with van der Waals surface area (Å²) >= 11 is 0. The Morgan fingerprint density at radius 2 is 2.13 bits per heavy atom. The highest BCUT2D eigenvalue weighted by Crippen LogP contribution is 2.40. The van der Waals surface area contributed by atoms with Crippen LogP contribution in [0.25, 0.3) is 0 Å². The molecule has 90 valence electrons. The van der Waals surface area contributed by atoms with Crippen LogP contribution < -0.4 is 5.73 Å². The lowest BCUT2D eigenvalue weighted by Crippen LogP contribution is -2.54. The largest absolute Gasteiger partial charge is 0.385 e. The van der Waals surface area contributed by atoms with E-state index >= 15 is 0 Å². The Bertz CT molecular complexity index is 195. The van der Waals surface area contributed by atoms with Crippen LogP contribution in [0, 0.1) is 17.8 Å². The number of hydrogen-bond acceptors (Lipinski definition) is 2. The van der Waals surface area contributed by atoms with Crippen LogP contribution in [0.5, 0.6) is 0 Å². The molecule has 0 radical (unpaired) electrons. The van der Waals surface area contributed by atoms with E-state index in [4.69, 9.17) is 10.5 Å². The van der Waals surface area contributed by atoms with Crippen molar-refractivity contribution in [3.8, 4) is 0 Å². The Hall–Kier alpha value is -0.0800. The first-order chi connectivity index (χ1) is 7.00. The molecule has 15 heavy (non-hydrogen) atoms. The van der Waals surface area contributed by atoms with Crippen molar-refractivity contribution in [1.82, 2.24) is 0 Å². The van der Waals surface area contributed by atoms with Gasteiger partial charge in [0, 0.05) is 19.3 Å². The molecule has 2 heteroatoms. The molecule has 1 aliphatic carbocycles. The van der Waals surface area contributed by atoms with Crippen molar-refractivity contribution >= 4 is 0 Å². The molecule has 4 unspecified atom stereocenters. The molecule has 1 aliphatic rings. The highest BCUT2D eigenvalue weighted by Gasteiger charge is 2.40. The Morgan fingerprint density at radius 1 is 1.47 bits per heavy atom. The van der Waals surface area contributed by atoms with Crippen molar-refractivity contribution in [2.24, 2.45) is 23.5 Å². The summed E-state index contributed by atoms with van der Waals surface area (Å²) < 4.78 is 5.15. The lowest BCUT2D eigenvalue weighted by molar-refractivity contribution is 0.0834. The maximum atomic E-state index is 6.59.